The molecule has 0 saturated carbocycles. The molecule has 0 atom stereocenters. The Hall–Kier alpha value is -2.11. The van der Waals surface area contributed by atoms with Crippen LogP contribution in [0.25, 0.3) is 10.9 Å². The van der Waals surface area contributed by atoms with Crippen LogP contribution in [0.1, 0.15) is 10.5 Å². The van der Waals surface area contributed by atoms with E-state index in [1.54, 1.807) is 12.3 Å². The van der Waals surface area contributed by atoms with Gasteiger partial charge in [-0.1, -0.05) is 0 Å². The summed E-state index contributed by atoms with van der Waals surface area (Å²) in [6, 6.07) is 1.63. The molecule has 6 heteroatoms. The van der Waals surface area contributed by atoms with E-state index in [-0.39, 0.29) is 5.69 Å². The van der Waals surface area contributed by atoms with E-state index in [0.717, 1.165) is 0 Å². The number of nitrogens with zero attached hydrogens (tertiary/aromatic N) is 2. The molecule has 0 aromatic carbocycles. The zero-order valence-corrected chi connectivity index (χ0v) is 8.27. The van der Waals surface area contributed by atoms with E-state index in [1.807, 2.05) is 0 Å². The monoisotopic (exact) mass is 207 g/mol. The Labute approximate surface area is 85.2 Å². The maximum absolute atomic E-state index is 11.3. The van der Waals surface area contributed by atoms with Crippen LogP contribution >= 0.6 is 0 Å². The maximum atomic E-state index is 11.3. The molecule has 2 heterocycles. The molecule has 0 unspecified atom stereocenters. The summed E-state index contributed by atoms with van der Waals surface area (Å²) >= 11 is 0. The lowest BCUT2D eigenvalue weighted by Gasteiger charge is -1.98. The molecule has 6 nitrogen and oxygen atoms in total. The number of H-pyrrole nitrogens is 1. The summed E-state index contributed by atoms with van der Waals surface area (Å²) in [5.74, 6) is -0.0662. The largest absolute Gasteiger partial charge is 0.481 e. The number of hydrogen-bond acceptors (Lipinski definition) is 5. The average molecular weight is 207 g/mol. The highest BCUT2D eigenvalue weighted by atomic mass is 16.5. The Bertz CT molecular complexity index is 506. The molecule has 0 aliphatic carbocycles. The van der Waals surface area contributed by atoms with Gasteiger partial charge < -0.3 is 9.47 Å². The van der Waals surface area contributed by atoms with Gasteiger partial charge in [-0.3, -0.25) is 5.10 Å². The van der Waals surface area contributed by atoms with E-state index in [4.69, 9.17) is 4.74 Å². The highest BCUT2D eigenvalue weighted by Gasteiger charge is 2.15. The first kappa shape index (κ1) is 9.45. The fourth-order valence-corrected chi connectivity index (χ4v) is 1.26. The van der Waals surface area contributed by atoms with Gasteiger partial charge in [0.2, 0.25) is 5.88 Å². The molecule has 2 rings (SSSR count). The minimum Gasteiger partial charge on any atom is -0.481 e. The van der Waals surface area contributed by atoms with Crippen LogP contribution in [0.5, 0.6) is 5.88 Å². The number of nitrogens with one attached hydrogen (secondary N) is 1. The summed E-state index contributed by atoms with van der Waals surface area (Å²) in [6.45, 7) is 0. The van der Waals surface area contributed by atoms with Crippen LogP contribution in [0.3, 0.4) is 0 Å². The van der Waals surface area contributed by atoms with Crippen molar-refractivity contribution in [1.29, 1.82) is 0 Å². The number of hydrogen-bond donors (Lipinski definition) is 1. The van der Waals surface area contributed by atoms with E-state index in [2.05, 4.69) is 19.9 Å². The first-order valence-electron chi connectivity index (χ1n) is 4.22. The first-order chi connectivity index (χ1) is 7.26. The summed E-state index contributed by atoms with van der Waals surface area (Å²) in [5.41, 5.74) is 0.893. The molecule has 0 amide bonds. The normalized spacial score (nSPS) is 10.3. The van der Waals surface area contributed by atoms with Crippen LogP contribution in [0.15, 0.2) is 12.3 Å². The summed E-state index contributed by atoms with van der Waals surface area (Å²) in [6.07, 6.45) is 1.55. The van der Waals surface area contributed by atoms with Crippen molar-refractivity contribution in [2.24, 2.45) is 0 Å². The maximum Gasteiger partial charge on any atom is 0.359 e. The van der Waals surface area contributed by atoms with Gasteiger partial charge in [0.25, 0.3) is 0 Å². The molecule has 0 radical (unpaired) electrons. The molecule has 78 valence electrons. The Morgan fingerprint density at radius 3 is 2.93 bits per heavy atom. The molecule has 0 fully saturated rings. The van der Waals surface area contributed by atoms with Crippen LogP contribution in [-0.2, 0) is 4.74 Å². The van der Waals surface area contributed by atoms with E-state index in [1.165, 1.54) is 14.2 Å². The fourth-order valence-electron chi connectivity index (χ4n) is 1.26. The molecule has 15 heavy (non-hydrogen) atoms. The third-order valence-electron chi connectivity index (χ3n) is 2.01. The smallest absolute Gasteiger partial charge is 0.359 e. The topological polar surface area (TPSA) is 77.1 Å². The number of aromatic nitrogens is 3. The van der Waals surface area contributed by atoms with Gasteiger partial charge in [0.15, 0.2) is 5.69 Å². The number of pyridine rings is 1. The van der Waals surface area contributed by atoms with Crippen molar-refractivity contribution in [3.05, 3.63) is 18.0 Å². The van der Waals surface area contributed by atoms with E-state index in [9.17, 15) is 4.79 Å². The fraction of sp³-hybridized carbons (Fsp3) is 0.222. The second-order valence-corrected chi connectivity index (χ2v) is 2.84. The summed E-state index contributed by atoms with van der Waals surface area (Å²) in [4.78, 5) is 15.3. The van der Waals surface area contributed by atoms with Crippen molar-refractivity contribution in [1.82, 2.24) is 15.2 Å². The Morgan fingerprint density at radius 2 is 2.27 bits per heavy atom. The van der Waals surface area contributed by atoms with Gasteiger partial charge in [-0.2, -0.15) is 5.10 Å². The predicted molar refractivity (Wildman–Crippen MR) is 51.8 cm³/mol. The number of aromatic amines is 1. The number of ether oxygens (including phenoxy) is 2. The molecule has 2 aromatic heterocycles. The third-order valence-corrected chi connectivity index (χ3v) is 2.01. The van der Waals surface area contributed by atoms with Gasteiger partial charge in [-0.25, -0.2) is 9.78 Å². The molecule has 2 aromatic rings. The number of methoxy groups -OCH3 is 2. The predicted octanol–water partition coefficient (Wildman–Crippen LogP) is 0.753. The minimum absolute atomic E-state index is 0.230. The Balaban J connectivity index is 2.61. The SMILES string of the molecule is COC(=O)c1n[nH]c2cnc(OC)cc12. The van der Waals surface area contributed by atoms with E-state index >= 15 is 0 Å². The third kappa shape index (κ3) is 1.50. The van der Waals surface area contributed by atoms with E-state index < -0.39 is 5.97 Å². The van der Waals surface area contributed by atoms with Gasteiger partial charge in [0.1, 0.15) is 0 Å². The van der Waals surface area contributed by atoms with Crippen molar-refractivity contribution in [2.75, 3.05) is 14.2 Å². The molecule has 0 aliphatic rings. The molecule has 0 spiro atoms. The van der Waals surface area contributed by atoms with Crippen molar-refractivity contribution in [2.45, 2.75) is 0 Å². The van der Waals surface area contributed by atoms with Crippen LogP contribution < -0.4 is 4.74 Å². The highest BCUT2D eigenvalue weighted by molar-refractivity contribution is 6.01. The molecular weight excluding hydrogens is 198 g/mol. The summed E-state index contributed by atoms with van der Waals surface area (Å²) < 4.78 is 9.55. The quantitative estimate of drug-likeness (QED) is 0.735. The zero-order valence-electron chi connectivity index (χ0n) is 8.27. The lowest BCUT2D eigenvalue weighted by atomic mass is 10.2. The van der Waals surface area contributed by atoms with E-state index in [0.29, 0.717) is 16.8 Å². The number of esters is 1. The number of carbonyl (C=O) groups excluding carboxylic acids is 1. The average Bonchev–Trinajstić information content (AvgIpc) is 2.70. The molecule has 1 N–H and O–H groups in total. The van der Waals surface area contributed by atoms with Crippen molar-refractivity contribution in [3.8, 4) is 5.88 Å². The van der Waals surface area contributed by atoms with Gasteiger partial charge in [-0.15, -0.1) is 0 Å². The first-order valence-corrected chi connectivity index (χ1v) is 4.22. The second kappa shape index (κ2) is 3.56. The molecular formula is C9H9N3O3. The van der Waals surface area contributed by atoms with Crippen molar-refractivity contribution < 1.29 is 14.3 Å². The van der Waals surface area contributed by atoms with Crippen LogP contribution in [0.4, 0.5) is 0 Å². The minimum atomic E-state index is -0.491. The number of rotatable bonds is 2. The van der Waals surface area contributed by atoms with Gasteiger partial charge in [-0.05, 0) is 0 Å². The van der Waals surface area contributed by atoms with Crippen LogP contribution in [-0.4, -0.2) is 35.4 Å². The van der Waals surface area contributed by atoms with Crippen molar-refractivity contribution in [3.63, 3.8) is 0 Å². The standard InChI is InChI=1S/C9H9N3O3/c1-14-7-3-5-6(4-10-7)11-12-8(5)9(13)15-2/h3-4H,1-2H3,(H,11,12). The molecule has 0 bridgehead atoms. The van der Waals surface area contributed by atoms with Gasteiger partial charge in [0.05, 0.1) is 25.9 Å². The lowest BCUT2D eigenvalue weighted by Crippen LogP contribution is -2.02. The Morgan fingerprint density at radius 1 is 1.47 bits per heavy atom. The number of fused-ring (bicyclic) bond motifs is 1. The summed E-state index contributed by atoms with van der Waals surface area (Å²) in [5, 5.41) is 7.17. The van der Waals surface area contributed by atoms with Gasteiger partial charge >= 0.3 is 5.97 Å². The molecule has 0 saturated heterocycles. The second-order valence-electron chi connectivity index (χ2n) is 2.84. The number of carbonyl (C=O) groups is 1. The van der Waals surface area contributed by atoms with Crippen LogP contribution in [0, 0.1) is 0 Å². The lowest BCUT2D eigenvalue weighted by molar-refractivity contribution is 0.0596. The molecule has 0 aliphatic heterocycles. The summed E-state index contributed by atoms with van der Waals surface area (Å²) in [7, 11) is 2.81. The Kier molecular flexibility index (Phi) is 2.24. The van der Waals surface area contributed by atoms with Crippen LogP contribution in [0.2, 0.25) is 0 Å². The highest BCUT2D eigenvalue weighted by Crippen LogP contribution is 2.19. The van der Waals surface area contributed by atoms with Gasteiger partial charge in [0, 0.05) is 11.5 Å². The van der Waals surface area contributed by atoms with Crippen molar-refractivity contribution >= 4 is 16.9 Å². The zero-order chi connectivity index (χ0) is 10.8.